The number of hydrogen-bond acceptors (Lipinski definition) is 5. The van der Waals surface area contributed by atoms with Crippen LogP contribution in [0.4, 0.5) is 5.69 Å². The molecule has 200 valence electrons. The van der Waals surface area contributed by atoms with Gasteiger partial charge in [0.1, 0.15) is 0 Å². The number of amides is 2. The smallest absolute Gasteiger partial charge is 0.254 e. The van der Waals surface area contributed by atoms with E-state index >= 15 is 0 Å². The second kappa shape index (κ2) is 11.0. The Kier molecular flexibility index (Phi) is 7.70. The van der Waals surface area contributed by atoms with Gasteiger partial charge in [-0.15, -0.1) is 11.3 Å². The van der Waals surface area contributed by atoms with Crippen LogP contribution in [0.2, 0.25) is 0 Å². The molecule has 0 bridgehead atoms. The Balaban J connectivity index is 1.46. The summed E-state index contributed by atoms with van der Waals surface area (Å²) in [6.07, 6.45) is 2.80. The van der Waals surface area contributed by atoms with Crippen LogP contribution in [0.15, 0.2) is 70.9 Å². The second-order valence-corrected chi connectivity index (χ2v) is 13.3. The van der Waals surface area contributed by atoms with Gasteiger partial charge in [0.25, 0.3) is 5.91 Å². The maximum atomic E-state index is 13.9. The summed E-state index contributed by atoms with van der Waals surface area (Å²) in [5, 5.41) is 4.97. The molecule has 9 heteroatoms. The van der Waals surface area contributed by atoms with Crippen LogP contribution in [0.5, 0.6) is 0 Å². The van der Waals surface area contributed by atoms with E-state index in [0.717, 1.165) is 24.1 Å². The number of anilines is 1. The molecule has 1 saturated heterocycles. The SMILES string of the molecule is CC(C)CN1C(=O)c2ccccc2[C@H](C(=O)Nc2ccc(S(=O)(=O)N3CCCCC3)cc2)[C@H]1c1cccs1. The van der Waals surface area contributed by atoms with E-state index in [4.69, 9.17) is 0 Å². The summed E-state index contributed by atoms with van der Waals surface area (Å²) in [6.45, 7) is 5.74. The highest BCUT2D eigenvalue weighted by molar-refractivity contribution is 7.89. The molecule has 1 fully saturated rings. The predicted molar refractivity (Wildman–Crippen MR) is 150 cm³/mol. The highest BCUT2D eigenvalue weighted by atomic mass is 32.2. The largest absolute Gasteiger partial charge is 0.329 e. The van der Waals surface area contributed by atoms with E-state index in [1.54, 1.807) is 30.3 Å². The molecule has 2 amide bonds. The average molecular weight is 552 g/mol. The number of piperidine rings is 1. The molecule has 2 aliphatic heterocycles. The Morgan fingerprint density at radius 2 is 1.71 bits per heavy atom. The first-order valence-corrected chi connectivity index (χ1v) is 15.4. The minimum Gasteiger partial charge on any atom is -0.329 e. The van der Waals surface area contributed by atoms with Gasteiger partial charge < -0.3 is 10.2 Å². The molecule has 0 aliphatic carbocycles. The number of thiophene rings is 1. The molecular formula is C29H33N3O4S2. The van der Waals surface area contributed by atoms with Crippen LogP contribution in [-0.4, -0.2) is 49.1 Å². The van der Waals surface area contributed by atoms with Gasteiger partial charge in [-0.1, -0.05) is 44.5 Å². The van der Waals surface area contributed by atoms with Crippen molar-refractivity contribution in [3.05, 3.63) is 82.0 Å². The van der Waals surface area contributed by atoms with Gasteiger partial charge in [-0.25, -0.2) is 8.42 Å². The Hall–Kier alpha value is -3.01. The van der Waals surface area contributed by atoms with Gasteiger partial charge in [0.2, 0.25) is 15.9 Å². The van der Waals surface area contributed by atoms with Gasteiger partial charge in [-0.05, 0) is 66.1 Å². The lowest BCUT2D eigenvalue weighted by Gasteiger charge is -2.42. The summed E-state index contributed by atoms with van der Waals surface area (Å²) >= 11 is 1.54. The number of sulfonamides is 1. The van der Waals surface area contributed by atoms with Crippen molar-refractivity contribution in [1.29, 1.82) is 0 Å². The van der Waals surface area contributed by atoms with Crippen LogP contribution in [0.3, 0.4) is 0 Å². The van der Waals surface area contributed by atoms with E-state index in [1.807, 2.05) is 40.6 Å². The molecule has 3 aromatic rings. The minimum absolute atomic E-state index is 0.0657. The van der Waals surface area contributed by atoms with Crippen molar-refractivity contribution in [2.75, 3.05) is 25.0 Å². The zero-order valence-electron chi connectivity index (χ0n) is 21.7. The fourth-order valence-electron chi connectivity index (χ4n) is 5.43. The molecule has 0 spiro atoms. The third kappa shape index (κ3) is 5.15. The molecule has 2 atom stereocenters. The van der Waals surface area contributed by atoms with Crippen LogP contribution >= 0.6 is 11.3 Å². The van der Waals surface area contributed by atoms with Crippen molar-refractivity contribution in [3.63, 3.8) is 0 Å². The molecule has 3 heterocycles. The number of carbonyl (C=O) groups excluding carboxylic acids is 2. The van der Waals surface area contributed by atoms with Crippen molar-refractivity contribution in [2.24, 2.45) is 5.92 Å². The molecule has 2 aromatic carbocycles. The Bertz CT molecular complexity index is 1400. The maximum absolute atomic E-state index is 13.9. The summed E-state index contributed by atoms with van der Waals surface area (Å²) < 4.78 is 27.6. The van der Waals surface area contributed by atoms with Crippen LogP contribution < -0.4 is 5.32 Å². The lowest BCUT2D eigenvalue weighted by molar-refractivity contribution is -0.119. The molecule has 38 heavy (non-hydrogen) atoms. The van der Waals surface area contributed by atoms with Crippen molar-refractivity contribution in [2.45, 2.75) is 50.0 Å². The predicted octanol–water partition coefficient (Wildman–Crippen LogP) is 5.50. The Morgan fingerprint density at radius 1 is 1.00 bits per heavy atom. The summed E-state index contributed by atoms with van der Waals surface area (Å²) in [5.41, 5.74) is 1.77. The van der Waals surface area contributed by atoms with Gasteiger partial charge >= 0.3 is 0 Å². The molecule has 0 saturated carbocycles. The Morgan fingerprint density at radius 3 is 2.37 bits per heavy atom. The first-order valence-electron chi connectivity index (χ1n) is 13.1. The third-order valence-electron chi connectivity index (χ3n) is 7.19. The summed E-state index contributed by atoms with van der Waals surface area (Å²) in [6, 6.07) is 17.2. The molecule has 5 rings (SSSR count). The van der Waals surface area contributed by atoms with Crippen molar-refractivity contribution in [1.82, 2.24) is 9.21 Å². The van der Waals surface area contributed by atoms with E-state index in [9.17, 15) is 18.0 Å². The molecule has 0 radical (unpaired) electrons. The molecule has 0 unspecified atom stereocenters. The Labute approximate surface area is 228 Å². The first kappa shape index (κ1) is 26.6. The number of benzene rings is 2. The van der Waals surface area contributed by atoms with Gasteiger partial charge in [-0.2, -0.15) is 4.31 Å². The van der Waals surface area contributed by atoms with Crippen molar-refractivity contribution < 1.29 is 18.0 Å². The van der Waals surface area contributed by atoms with E-state index < -0.39 is 22.0 Å². The first-order chi connectivity index (χ1) is 18.3. The molecule has 1 aromatic heterocycles. The highest BCUT2D eigenvalue weighted by Gasteiger charge is 2.44. The molecular weight excluding hydrogens is 518 g/mol. The number of nitrogens with one attached hydrogen (secondary N) is 1. The fourth-order valence-corrected chi connectivity index (χ4v) is 7.82. The lowest BCUT2D eigenvalue weighted by Crippen LogP contribution is -2.47. The standard InChI is InChI=1S/C29H33N3O4S2/c1-20(2)19-32-27(25-11-8-18-37-25)26(23-9-4-5-10-24(23)29(32)34)28(33)30-21-12-14-22(15-13-21)38(35,36)31-16-6-3-7-17-31/h4-5,8-15,18,20,26-27H,3,6-7,16-17,19H2,1-2H3,(H,30,33)/t26-,27+/m0/s1. The van der Waals surface area contributed by atoms with Gasteiger partial charge in [-0.3, -0.25) is 9.59 Å². The number of fused-ring (bicyclic) bond motifs is 1. The second-order valence-electron chi connectivity index (χ2n) is 10.4. The quantitative estimate of drug-likeness (QED) is 0.420. The van der Waals surface area contributed by atoms with Crippen LogP contribution in [-0.2, 0) is 14.8 Å². The summed E-state index contributed by atoms with van der Waals surface area (Å²) in [7, 11) is -3.55. The van der Waals surface area contributed by atoms with E-state index in [2.05, 4.69) is 19.2 Å². The van der Waals surface area contributed by atoms with Crippen molar-refractivity contribution in [3.8, 4) is 0 Å². The molecule has 7 nitrogen and oxygen atoms in total. The highest BCUT2D eigenvalue weighted by Crippen LogP contribution is 2.45. The summed E-state index contributed by atoms with van der Waals surface area (Å²) in [4.78, 5) is 30.5. The zero-order chi connectivity index (χ0) is 26.9. The normalized spacial score (nSPS) is 20.4. The maximum Gasteiger partial charge on any atom is 0.254 e. The number of hydrogen-bond donors (Lipinski definition) is 1. The van der Waals surface area contributed by atoms with Gasteiger partial charge in [0.15, 0.2) is 0 Å². The van der Waals surface area contributed by atoms with Crippen LogP contribution in [0.25, 0.3) is 0 Å². The van der Waals surface area contributed by atoms with E-state index in [0.29, 0.717) is 36.4 Å². The number of rotatable bonds is 7. The topological polar surface area (TPSA) is 86.8 Å². The lowest BCUT2D eigenvalue weighted by atomic mass is 9.81. The number of nitrogens with zero attached hydrogens (tertiary/aromatic N) is 2. The summed E-state index contributed by atoms with van der Waals surface area (Å²) in [5.74, 6) is -0.685. The van der Waals surface area contributed by atoms with E-state index in [-0.39, 0.29) is 22.6 Å². The van der Waals surface area contributed by atoms with Gasteiger partial charge in [0, 0.05) is 35.8 Å². The average Bonchev–Trinajstić information content (AvgIpc) is 3.45. The molecule has 2 aliphatic rings. The third-order valence-corrected chi connectivity index (χ3v) is 10.0. The van der Waals surface area contributed by atoms with E-state index in [1.165, 1.54) is 15.6 Å². The zero-order valence-corrected chi connectivity index (χ0v) is 23.3. The van der Waals surface area contributed by atoms with Crippen LogP contribution in [0.1, 0.15) is 65.9 Å². The van der Waals surface area contributed by atoms with Crippen LogP contribution in [0, 0.1) is 5.92 Å². The fraction of sp³-hybridized carbons (Fsp3) is 0.379. The molecule has 1 N–H and O–H groups in total. The monoisotopic (exact) mass is 551 g/mol. The van der Waals surface area contributed by atoms with Crippen molar-refractivity contribution >= 4 is 38.9 Å². The van der Waals surface area contributed by atoms with Gasteiger partial charge in [0.05, 0.1) is 16.9 Å². The number of carbonyl (C=O) groups is 2. The minimum atomic E-state index is -3.55.